The fourth-order valence-corrected chi connectivity index (χ4v) is 1.79. The van der Waals surface area contributed by atoms with Gasteiger partial charge in [0.25, 0.3) is 5.92 Å². The van der Waals surface area contributed by atoms with E-state index in [0.717, 1.165) is 0 Å². The molecule has 0 N–H and O–H groups in total. The van der Waals surface area contributed by atoms with Crippen LogP contribution < -0.4 is 0 Å². The summed E-state index contributed by atoms with van der Waals surface area (Å²) < 4.78 is 26.2. The van der Waals surface area contributed by atoms with Crippen LogP contribution in [0.3, 0.4) is 0 Å². The molecule has 0 radical (unpaired) electrons. The van der Waals surface area contributed by atoms with Crippen LogP contribution in [0.5, 0.6) is 0 Å². The molecule has 2 heteroatoms. The smallest absolute Gasteiger partial charge is 0.206 e. The Kier molecular flexibility index (Phi) is 2.69. The van der Waals surface area contributed by atoms with Crippen LogP contribution in [0.1, 0.15) is 13.3 Å². The highest BCUT2D eigenvalue weighted by Gasteiger charge is 2.67. The van der Waals surface area contributed by atoms with Crippen molar-refractivity contribution in [1.82, 2.24) is 0 Å². The molecule has 0 aromatic rings. The van der Waals surface area contributed by atoms with E-state index in [-0.39, 0.29) is 0 Å². The number of alkyl halides is 2. The second-order valence-corrected chi connectivity index (χ2v) is 3.27. The molecule has 0 bridgehead atoms. The first-order valence-electron chi connectivity index (χ1n) is 4.42. The highest BCUT2D eigenvalue weighted by Crippen LogP contribution is 2.60. The molecule has 1 saturated carbocycles. The summed E-state index contributed by atoms with van der Waals surface area (Å²) in [6, 6.07) is 0. The maximum Gasteiger partial charge on any atom is 0.258 e. The molecule has 0 aromatic heterocycles. The highest BCUT2D eigenvalue weighted by molar-refractivity contribution is 5.33. The standard InChI is InChI=1S/C11H14F2/c1-4-7-8(5-2)10-9(6-3)11(10,12)13/h4-5,7,9-10H,1-2,6H2,3H3/b8-7+. The Labute approximate surface area is 77.6 Å². The second kappa shape index (κ2) is 3.44. The number of hydrogen-bond acceptors (Lipinski definition) is 0. The Bertz CT molecular complexity index is 251. The molecule has 0 nitrogen and oxygen atoms in total. The third kappa shape index (κ3) is 1.58. The van der Waals surface area contributed by atoms with Crippen molar-refractivity contribution in [2.45, 2.75) is 19.3 Å². The average molecular weight is 184 g/mol. The van der Waals surface area contributed by atoms with E-state index in [9.17, 15) is 8.78 Å². The molecule has 0 aliphatic heterocycles. The molecule has 72 valence electrons. The van der Waals surface area contributed by atoms with Crippen LogP contribution in [0.25, 0.3) is 0 Å². The van der Waals surface area contributed by atoms with Gasteiger partial charge in [-0.2, -0.15) is 0 Å². The van der Waals surface area contributed by atoms with Gasteiger partial charge in [0.15, 0.2) is 0 Å². The summed E-state index contributed by atoms with van der Waals surface area (Å²) in [5.41, 5.74) is 0.604. The van der Waals surface area contributed by atoms with Gasteiger partial charge in [0, 0.05) is 5.92 Å². The van der Waals surface area contributed by atoms with Crippen LogP contribution in [0.2, 0.25) is 0 Å². The molecule has 13 heavy (non-hydrogen) atoms. The van der Waals surface area contributed by atoms with Crippen molar-refractivity contribution >= 4 is 0 Å². The van der Waals surface area contributed by atoms with Crippen LogP contribution in [0.4, 0.5) is 8.78 Å². The first-order valence-corrected chi connectivity index (χ1v) is 4.42. The molecule has 1 aliphatic carbocycles. The fraction of sp³-hybridized carbons (Fsp3) is 0.455. The van der Waals surface area contributed by atoms with Crippen molar-refractivity contribution in [2.75, 3.05) is 0 Å². The van der Waals surface area contributed by atoms with Crippen molar-refractivity contribution in [3.63, 3.8) is 0 Å². The van der Waals surface area contributed by atoms with Gasteiger partial charge in [0.05, 0.1) is 5.92 Å². The van der Waals surface area contributed by atoms with Gasteiger partial charge in [-0.15, -0.1) is 0 Å². The van der Waals surface area contributed by atoms with Crippen molar-refractivity contribution in [2.24, 2.45) is 11.8 Å². The summed E-state index contributed by atoms with van der Waals surface area (Å²) in [6.45, 7) is 8.80. The van der Waals surface area contributed by atoms with E-state index < -0.39 is 17.8 Å². The van der Waals surface area contributed by atoms with Crippen LogP contribution in [0, 0.1) is 11.8 Å². The van der Waals surface area contributed by atoms with E-state index in [2.05, 4.69) is 13.2 Å². The largest absolute Gasteiger partial charge is 0.258 e. The first-order chi connectivity index (χ1) is 6.09. The molecular formula is C11H14F2. The van der Waals surface area contributed by atoms with Crippen LogP contribution in [-0.4, -0.2) is 5.92 Å². The molecule has 0 spiro atoms. The van der Waals surface area contributed by atoms with Gasteiger partial charge in [0.1, 0.15) is 0 Å². The van der Waals surface area contributed by atoms with Crippen LogP contribution in [-0.2, 0) is 0 Å². The first kappa shape index (κ1) is 10.2. The van der Waals surface area contributed by atoms with E-state index in [4.69, 9.17) is 0 Å². The molecule has 1 rings (SSSR count). The SMILES string of the molecule is C=C/C=C(\C=C)C1C(CC)C1(F)F. The zero-order chi connectivity index (χ0) is 10.1. The Morgan fingerprint density at radius 2 is 2.08 bits per heavy atom. The Morgan fingerprint density at radius 3 is 2.38 bits per heavy atom. The molecule has 0 amide bonds. The number of hydrogen-bond donors (Lipinski definition) is 0. The van der Waals surface area contributed by atoms with Gasteiger partial charge in [-0.05, 0) is 12.0 Å². The van der Waals surface area contributed by atoms with Crippen LogP contribution in [0.15, 0.2) is 37.0 Å². The average Bonchev–Trinajstić information content (AvgIpc) is 2.64. The normalized spacial score (nSPS) is 31.2. The quantitative estimate of drug-likeness (QED) is 0.586. The summed E-state index contributed by atoms with van der Waals surface area (Å²) in [5.74, 6) is -3.66. The maximum absolute atomic E-state index is 13.1. The van der Waals surface area contributed by atoms with Gasteiger partial charge in [-0.25, -0.2) is 8.78 Å². The van der Waals surface area contributed by atoms with Gasteiger partial charge in [0.2, 0.25) is 0 Å². The lowest BCUT2D eigenvalue weighted by Crippen LogP contribution is -1.95. The molecular weight excluding hydrogens is 170 g/mol. The second-order valence-electron chi connectivity index (χ2n) is 3.27. The minimum Gasteiger partial charge on any atom is -0.206 e. The molecule has 2 atom stereocenters. The Hall–Kier alpha value is -0.920. The Balaban J connectivity index is 2.80. The minimum atomic E-state index is -2.53. The lowest BCUT2D eigenvalue weighted by atomic mass is 10.1. The summed E-state index contributed by atoms with van der Waals surface area (Å²) in [6.07, 6.45) is 5.15. The monoisotopic (exact) mass is 184 g/mol. The number of halogens is 2. The van der Waals surface area contributed by atoms with Gasteiger partial charge >= 0.3 is 0 Å². The van der Waals surface area contributed by atoms with E-state index in [1.807, 2.05) is 0 Å². The fourth-order valence-electron chi connectivity index (χ4n) is 1.79. The predicted molar refractivity (Wildman–Crippen MR) is 50.7 cm³/mol. The van der Waals surface area contributed by atoms with Crippen molar-refractivity contribution in [1.29, 1.82) is 0 Å². The maximum atomic E-state index is 13.1. The number of rotatable bonds is 4. The topological polar surface area (TPSA) is 0 Å². The summed E-state index contributed by atoms with van der Waals surface area (Å²) in [4.78, 5) is 0. The van der Waals surface area contributed by atoms with Crippen molar-refractivity contribution in [3.8, 4) is 0 Å². The highest BCUT2D eigenvalue weighted by atomic mass is 19.3. The van der Waals surface area contributed by atoms with E-state index >= 15 is 0 Å². The van der Waals surface area contributed by atoms with Gasteiger partial charge in [-0.3, -0.25) is 0 Å². The summed E-state index contributed by atoms with van der Waals surface area (Å²) in [7, 11) is 0. The van der Waals surface area contributed by atoms with E-state index in [1.165, 1.54) is 12.2 Å². The summed E-state index contributed by atoms with van der Waals surface area (Å²) in [5, 5.41) is 0. The van der Waals surface area contributed by atoms with Gasteiger partial charge < -0.3 is 0 Å². The predicted octanol–water partition coefficient (Wildman–Crippen LogP) is 3.58. The van der Waals surface area contributed by atoms with Crippen molar-refractivity contribution < 1.29 is 8.78 Å². The molecule has 1 fully saturated rings. The molecule has 0 saturated heterocycles. The van der Waals surface area contributed by atoms with E-state index in [1.54, 1.807) is 13.0 Å². The zero-order valence-corrected chi connectivity index (χ0v) is 7.76. The lowest BCUT2D eigenvalue weighted by molar-refractivity contribution is 0.0884. The number of allylic oxidation sites excluding steroid dienone is 4. The van der Waals surface area contributed by atoms with Gasteiger partial charge in [-0.1, -0.05) is 38.3 Å². The van der Waals surface area contributed by atoms with Crippen LogP contribution >= 0.6 is 0 Å². The third-order valence-corrected chi connectivity index (χ3v) is 2.55. The Morgan fingerprint density at radius 1 is 1.46 bits per heavy atom. The minimum absolute atomic E-state index is 0.503. The zero-order valence-electron chi connectivity index (χ0n) is 7.76. The molecule has 1 aliphatic rings. The molecule has 0 heterocycles. The molecule has 2 unspecified atom stereocenters. The molecule has 0 aromatic carbocycles. The lowest BCUT2D eigenvalue weighted by Gasteiger charge is -1.96. The van der Waals surface area contributed by atoms with Crippen molar-refractivity contribution in [3.05, 3.63) is 37.0 Å². The van der Waals surface area contributed by atoms with E-state index in [0.29, 0.717) is 12.0 Å². The third-order valence-electron chi connectivity index (χ3n) is 2.55. The summed E-state index contributed by atoms with van der Waals surface area (Å²) >= 11 is 0.